The van der Waals surface area contributed by atoms with Gasteiger partial charge in [-0.1, -0.05) is 20.8 Å². The fourth-order valence-corrected chi connectivity index (χ4v) is 1.54. The largest absolute Gasteiger partial charge is 0.462 e. The maximum atomic E-state index is 12.1. The van der Waals surface area contributed by atoms with E-state index in [9.17, 15) is 9.59 Å². The van der Waals surface area contributed by atoms with Gasteiger partial charge in [0.1, 0.15) is 5.56 Å². The highest BCUT2D eigenvalue weighted by molar-refractivity contribution is 6.03. The first-order valence-electron chi connectivity index (χ1n) is 6.50. The van der Waals surface area contributed by atoms with Crippen LogP contribution in [0.25, 0.3) is 0 Å². The van der Waals surface area contributed by atoms with Crippen LogP contribution in [0.15, 0.2) is 6.20 Å². The third kappa shape index (κ3) is 3.36. The molecular formula is C14H22N2O3. The van der Waals surface area contributed by atoms with Gasteiger partial charge in [0.15, 0.2) is 0 Å². The van der Waals surface area contributed by atoms with Crippen molar-refractivity contribution in [2.45, 2.75) is 41.0 Å². The molecule has 5 heteroatoms. The second-order valence-corrected chi connectivity index (χ2v) is 5.11. The Morgan fingerprint density at radius 2 is 2.00 bits per heavy atom. The molecule has 1 heterocycles. The zero-order chi connectivity index (χ0) is 14.6. The molecule has 0 bridgehead atoms. The molecule has 0 fully saturated rings. The molecule has 0 aromatic carbocycles. The highest BCUT2D eigenvalue weighted by Gasteiger charge is 2.27. The minimum Gasteiger partial charge on any atom is -0.462 e. The molecule has 0 aliphatic carbocycles. The molecule has 0 radical (unpaired) electrons. The summed E-state index contributed by atoms with van der Waals surface area (Å²) in [5, 5.41) is 2.79. The number of H-pyrrole nitrogens is 1. The Labute approximate surface area is 113 Å². The van der Waals surface area contributed by atoms with Gasteiger partial charge in [-0.15, -0.1) is 0 Å². The minimum absolute atomic E-state index is 0.112. The molecule has 0 unspecified atom stereocenters. The van der Waals surface area contributed by atoms with Gasteiger partial charge in [-0.05, 0) is 20.3 Å². The monoisotopic (exact) mass is 266 g/mol. The summed E-state index contributed by atoms with van der Waals surface area (Å²) in [6.45, 7) is 9.51. The summed E-state index contributed by atoms with van der Waals surface area (Å²) in [7, 11) is 0. The van der Waals surface area contributed by atoms with E-state index in [4.69, 9.17) is 4.74 Å². The van der Waals surface area contributed by atoms with Crippen molar-refractivity contribution in [3.8, 4) is 0 Å². The van der Waals surface area contributed by atoms with E-state index in [1.807, 2.05) is 20.8 Å². The fourth-order valence-electron chi connectivity index (χ4n) is 1.54. The molecular weight excluding hydrogens is 244 g/mol. The Hall–Kier alpha value is -1.78. The standard InChI is InChI=1S/C14H22N2O3/c1-6-14(4,5)13(18)16-10-8-15-9(3)11(10)12(17)19-7-2/h8,15H,6-7H2,1-5H3,(H,16,18). The molecule has 0 aliphatic heterocycles. The van der Waals surface area contributed by atoms with E-state index in [-0.39, 0.29) is 5.91 Å². The SMILES string of the molecule is CCOC(=O)c1c(NC(=O)C(C)(C)CC)c[nH]c1C. The van der Waals surface area contributed by atoms with Crippen molar-refractivity contribution in [2.24, 2.45) is 5.41 Å². The minimum atomic E-state index is -0.475. The molecule has 2 N–H and O–H groups in total. The van der Waals surface area contributed by atoms with Crippen molar-refractivity contribution in [1.82, 2.24) is 4.98 Å². The van der Waals surface area contributed by atoms with Crippen LogP contribution in [0.5, 0.6) is 0 Å². The third-order valence-electron chi connectivity index (χ3n) is 3.30. The summed E-state index contributed by atoms with van der Waals surface area (Å²) >= 11 is 0. The molecule has 19 heavy (non-hydrogen) atoms. The normalized spacial score (nSPS) is 11.2. The van der Waals surface area contributed by atoms with E-state index in [1.54, 1.807) is 20.0 Å². The number of esters is 1. The van der Waals surface area contributed by atoms with Crippen LogP contribution in [0.3, 0.4) is 0 Å². The quantitative estimate of drug-likeness (QED) is 0.805. The van der Waals surface area contributed by atoms with Crippen molar-refractivity contribution in [3.63, 3.8) is 0 Å². The molecule has 1 aromatic rings. The van der Waals surface area contributed by atoms with Crippen molar-refractivity contribution >= 4 is 17.6 Å². The molecule has 1 aromatic heterocycles. The number of hydrogen-bond donors (Lipinski definition) is 2. The molecule has 5 nitrogen and oxygen atoms in total. The van der Waals surface area contributed by atoms with E-state index < -0.39 is 11.4 Å². The van der Waals surface area contributed by atoms with Crippen LogP contribution in [0.4, 0.5) is 5.69 Å². The first kappa shape index (κ1) is 15.3. The molecule has 0 aliphatic rings. The van der Waals surface area contributed by atoms with Gasteiger partial charge in [0.05, 0.1) is 12.3 Å². The first-order valence-corrected chi connectivity index (χ1v) is 6.50. The van der Waals surface area contributed by atoms with Crippen LogP contribution in [-0.2, 0) is 9.53 Å². The van der Waals surface area contributed by atoms with E-state index in [0.717, 1.165) is 6.42 Å². The Balaban J connectivity index is 2.97. The van der Waals surface area contributed by atoms with Gasteiger partial charge < -0.3 is 15.0 Å². The number of amides is 1. The Morgan fingerprint density at radius 1 is 1.37 bits per heavy atom. The lowest BCUT2D eigenvalue weighted by atomic mass is 9.89. The van der Waals surface area contributed by atoms with Gasteiger partial charge in [0, 0.05) is 17.3 Å². The lowest BCUT2D eigenvalue weighted by molar-refractivity contribution is -0.124. The van der Waals surface area contributed by atoms with Crippen LogP contribution in [0, 0.1) is 12.3 Å². The van der Waals surface area contributed by atoms with E-state index in [0.29, 0.717) is 23.6 Å². The number of carbonyl (C=O) groups excluding carboxylic acids is 2. The molecule has 0 saturated carbocycles. The predicted molar refractivity (Wildman–Crippen MR) is 74.2 cm³/mol. The van der Waals surface area contributed by atoms with Crippen LogP contribution >= 0.6 is 0 Å². The number of nitrogens with one attached hydrogen (secondary N) is 2. The first-order chi connectivity index (χ1) is 8.83. The zero-order valence-corrected chi connectivity index (χ0v) is 12.2. The van der Waals surface area contributed by atoms with Crippen LogP contribution in [0.2, 0.25) is 0 Å². The van der Waals surface area contributed by atoms with Gasteiger partial charge in [-0.2, -0.15) is 0 Å². The number of anilines is 1. The van der Waals surface area contributed by atoms with Crippen LogP contribution in [0.1, 0.15) is 50.2 Å². The molecule has 0 saturated heterocycles. The van der Waals surface area contributed by atoms with Crippen molar-refractivity contribution in [1.29, 1.82) is 0 Å². The summed E-state index contributed by atoms with van der Waals surface area (Å²) in [6.07, 6.45) is 2.34. The Kier molecular flexibility index (Phi) is 4.75. The summed E-state index contributed by atoms with van der Waals surface area (Å²) in [5.41, 5.74) is 1.07. The van der Waals surface area contributed by atoms with Crippen LogP contribution < -0.4 is 5.32 Å². The predicted octanol–water partition coefficient (Wildman–Crippen LogP) is 2.87. The molecule has 1 rings (SSSR count). The Bertz CT molecular complexity index is 475. The van der Waals surface area contributed by atoms with Gasteiger partial charge in [-0.25, -0.2) is 4.79 Å². The number of ether oxygens (including phenoxy) is 1. The second-order valence-electron chi connectivity index (χ2n) is 5.11. The molecule has 106 valence electrons. The maximum absolute atomic E-state index is 12.1. The molecule has 1 amide bonds. The molecule has 0 atom stereocenters. The second kappa shape index (κ2) is 5.91. The van der Waals surface area contributed by atoms with Crippen molar-refractivity contribution in [2.75, 3.05) is 11.9 Å². The molecule has 0 spiro atoms. The highest BCUT2D eigenvalue weighted by atomic mass is 16.5. The summed E-state index contributed by atoms with van der Waals surface area (Å²) in [5.74, 6) is -0.537. The van der Waals surface area contributed by atoms with Gasteiger partial charge in [-0.3, -0.25) is 4.79 Å². The van der Waals surface area contributed by atoms with Crippen molar-refractivity contribution in [3.05, 3.63) is 17.5 Å². The highest BCUT2D eigenvalue weighted by Crippen LogP contribution is 2.25. The average Bonchev–Trinajstić information content (AvgIpc) is 2.70. The van der Waals surface area contributed by atoms with Crippen LogP contribution in [-0.4, -0.2) is 23.5 Å². The number of rotatable bonds is 5. The lowest BCUT2D eigenvalue weighted by Gasteiger charge is -2.21. The van der Waals surface area contributed by atoms with Gasteiger partial charge in [0.2, 0.25) is 5.91 Å². The topological polar surface area (TPSA) is 71.2 Å². The average molecular weight is 266 g/mol. The number of carbonyl (C=O) groups is 2. The van der Waals surface area contributed by atoms with Gasteiger partial charge >= 0.3 is 5.97 Å². The van der Waals surface area contributed by atoms with E-state index >= 15 is 0 Å². The zero-order valence-electron chi connectivity index (χ0n) is 12.2. The number of aromatic amines is 1. The third-order valence-corrected chi connectivity index (χ3v) is 3.30. The van der Waals surface area contributed by atoms with E-state index in [1.165, 1.54) is 0 Å². The van der Waals surface area contributed by atoms with Gasteiger partial charge in [0.25, 0.3) is 0 Å². The summed E-state index contributed by atoms with van der Waals surface area (Å²) in [4.78, 5) is 26.9. The maximum Gasteiger partial charge on any atom is 0.342 e. The number of aryl methyl sites for hydroxylation is 1. The Morgan fingerprint density at radius 3 is 2.53 bits per heavy atom. The summed E-state index contributed by atoms with van der Waals surface area (Å²) < 4.78 is 4.99. The fraction of sp³-hybridized carbons (Fsp3) is 0.571. The number of aromatic nitrogens is 1. The summed E-state index contributed by atoms with van der Waals surface area (Å²) in [6, 6.07) is 0. The van der Waals surface area contributed by atoms with Crippen molar-refractivity contribution < 1.29 is 14.3 Å². The lowest BCUT2D eigenvalue weighted by Crippen LogP contribution is -2.30. The number of hydrogen-bond acceptors (Lipinski definition) is 3. The smallest absolute Gasteiger partial charge is 0.342 e. The van der Waals surface area contributed by atoms with E-state index in [2.05, 4.69) is 10.3 Å².